The maximum absolute atomic E-state index is 14.3. The second kappa shape index (κ2) is 5.55. The standard InChI is InChI=1S/C14H17ClFNO2/c15-11-8-12-14(19-6-5-18-12)10(13(11)16)7-9-1-3-17-4-2-9/h8-9,17H,1-7H2. The molecule has 1 N–H and O–H groups in total. The van der Waals surface area contributed by atoms with Gasteiger partial charge in [-0.25, -0.2) is 4.39 Å². The van der Waals surface area contributed by atoms with E-state index in [0.29, 0.717) is 42.6 Å². The molecule has 0 aliphatic carbocycles. The summed E-state index contributed by atoms with van der Waals surface area (Å²) in [7, 11) is 0. The Morgan fingerprint density at radius 1 is 1.26 bits per heavy atom. The van der Waals surface area contributed by atoms with Gasteiger partial charge in [0.1, 0.15) is 19.0 Å². The highest BCUT2D eigenvalue weighted by atomic mass is 35.5. The van der Waals surface area contributed by atoms with E-state index in [2.05, 4.69) is 5.32 Å². The van der Waals surface area contributed by atoms with Crippen molar-refractivity contribution in [1.82, 2.24) is 5.32 Å². The van der Waals surface area contributed by atoms with Crippen LogP contribution < -0.4 is 14.8 Å². The summed E-state index contributed by atoms with van der Waals surface area (Å²) in [6.45, 7) is 2.94. The van der Waals surface area contributed by atoms with E-state index < -0.39 is 0 Å². The van der Waals surface area contributed by atoms with E-state index >= 15 is 0 Å². The van der Waals surface area contributed by atoms with E-state index in [-0.39, 0.29) is 10.8 Å². The lowest BCUT2D eigenvalue weighted by molar-refractivity contribution is 0.168. The van der Waals surface area contributed by atoms with Gasteiger partial charge in [0.25, 0.3) is 0 Å². The van der Waals surface area contributed by atoms with Gasteiger partial charge in [-0.05, 0) is 38.3 Å². The minimum atomic E-state index is -0.357. The summed E-state index contributed by atoms with van der Waals surface area (Å²) < 4.78 is 25.4. The predicted octanol–water partition coefficient (Wildman–Crippen LogP) is 2.79. The molecule has 0 radical (unpaired) electrons. The highest BCUT2D eigenvalue weighted by molar-refractivity contribution is 6.31. The first-order valence-electron chi connectivity index (χ1n) is 6.73. The van der Waals surface area contributed by atoms with E-state index in [1.54, 1.807) is 0 Å². The fourth-order valence-corrected chi connectivity index (χ4v) is 2.97. The monoisotopic (exact) mass is 285 g/mol. The summed E-state index contributed by atoms with van der Waals surface area (Å²) in [5.74, 6) is 1.24. The third-order valence-electron chi connectivity index (χ3n) is 3.77. The Morgan fingerprint density at radius 2 is 2.00 bits per heavy atom. The Labute approximate surface area is 117 Å². The Kier molecular flexibility index (Phi) is 3.80. The molecule has 1 aromatic rings. The molecule has 3 rings (SSSR count). The molecule has 5 heteroatoms. The number of halogens is 2. The lowest BCUT2D eigenvalue weighted by atomic mass is 9.90. The number of hydrogen-bond acceptors (Lipinski definition) is 3. The van der Waals surface area contributed by atoms with Gasteiger partial charge in [-0.3, -0.25) is 0 Å². The van der Waals surface area contributed by atoms with Crippen LogP contribution in [0.3, 0.4) is 0 Å². The van der Waals surface area contributed by atoms with Crippen LogP contribution in [0.25, 0.3) is 0 Å². The highest BCUT2D eigenvalue weighted by Gasteiger charge is 2.25. The van der Waals surface area contributed by atoms with E-state index in [1.807, 2.05) is 0 Å². The lowest BCUT2D eigenvalue weighted by Gasteiger charge is -2.26. The molecule has 0 saturated carbocycles. The van der Waals surface area contributed by atoms with Crippen molar-refractivity contribution in [2.24, 2.45) is 5.92 Å². The first kappa shape index (κ1) is 13.0. The van der Waals surface area contributed by atoms with Crippen molar-refractivity contribution in [3.8, 4) is 11.5 Å². The molecule has 0 bridgehead atoms. The molecule has 2 aliphatic rings. The zero-order chi connectivity index (χ0) is 13.2. The van der Waals surface area contributed by atoms with E-state index in [4.69, 9.17) is 21.1 Å². The molecule has 2 aliphatic heterocycles. The van der Waals surface area contributed by atoms with Gasteiger partial charge in [-0.1, -0.05) is 11.6 Å². The van der Waals surface area contributed by atoms with Gasteiger partial charge in [0.2, 0.25) is 0 Å². The van der Waals surface area contributed by atoms with Crippen molar-refractivity contribution >= 4 is 11.6 Å². The zero-order valence-corrected chi connectivity index (χ0v) is 11.4. The minimum absolute atomic E-state index is 0.119. The maximum Gasteiger partial charge on any atom is 0.167 e. The smallest absolute Gasteiger partial charge is 0.167 e. The summed E-state index contributed by atoms with van der Waals surface area (Å²) in [6.07, 6.45) is 2.78. The van der Waals surface area contributed by atoms with Crippen LogP contribution in [-0.4, -0.2) is 26.3 Å². The summed E-state index contributed by atoms with van der Waals surface area (Å²) in [5, 5.41) is 3.43. The molecule has 104 valence electrons. The third-order valence-corrected chi connectivity index (χ3v) is 4.04. The number of fused-ring (bicyclic) bond motifs is 1. The van der Waals surface area contributed by atoms with Crippen LogP contribution >= 0.6 is 11.6 Å². The number of nitrogens with one attached hydrogen (secondary N) is 1. The van der Waals surface area contributed by atoms with Crippen molar-refractivity contribution in [2.75, 3.05) is 26.3 Å². The Morgan fingerprint density at radius 3 is 2.79 bits per heavy atom. The van der Waals surface area contributed by atoms with Gasteiger partial charge in [-0.15, -0.1) is 0 Å². The fourth-order valence-electron chi connectivity index (χ4n) is 2.75. The maximum atomic E-state index is 14.3. The van der Waals surface area contributed by atoms with Gasteiger partial charge < -0.3 is 14.8 Å². The first-order chi connectivity index (χ1) is 9.25. The Balaban J connectivity index is 1.91. The SMILES string of the molecule is Fc1c(Cl)cc2c(c1CC1CCNCC1)OCCO2. The molecular weight excluding hydrogens is 269 g/mol. The minimum Gasteiger partial charge on any atom is -0.486 e. The quantitative estimate of drug-likeness (QED) is 0.906. The molecular formula is C14H17ClFNO2. The topological polar surface area (TPSA) is 30.5 Å². The molecule has 0 atom stereocenters. The van der Waals surface area contributed by atoms with Crippen molar-refractivity contribution in [3.63, 3.8) is 0 Å². The van der Waals surface area contributed by atoms with Gasteiger partial charge in [-0.2, -0.15) is 0 Å². The molecule has 0 amide bonds. The predicted molar refractivity (Wildman–Crippen MR) is 71.7 cm³/mol. The van der Waals surface area contributed by atoms with E-state index in [0.717, 1.165) is 25.9 Å². The molecule has 0 spiro atoms. The number of benzene rings is 1. The molecule has 2 heterocycles. The average molecular weight is 286 g/mol. The van der Waals surface area contributed by atoms with Crippen LogP contribution in [0.5, 0.6) is 11.5 Å². The zero-order valence-electron chi connectivity index (χ0n) is 10.7. The van der Waals surface area contributed by atoms with Crippen molar-refractivity contribution < 1.29 is 13.9 Å². The van der Waals surface area contributed by atoms with Gasteiger partial charge in [0.15, 0.2) is 11.5 Å². The molecule has 1 aromatic carbocycles. The second-order valence-corrected chi connectivity index (χ2v) is 5.48. The molecule has 0 unspecified atom stereocenters. The Bertz CT molecular complexity index is 475. The van der Waals surface area contributed by atoms with Crippen LogP contribution in [-0.2, 0) is 6.42 Å². The van der Waals surface area contributed by atoms with Gasteiger partial charge >= 0.3 is 0 Å². The van der Waals surface area contributed by atoms with Crippen LogP contribution in [0.2, 0.25) is 5.02 Å². The molecule has 1 saturated heterocycles. The Hall–Kier alpha value is -1.00. The first-order valence-corrected chi connectivity index (χ1v) is 7.10. The van der Waals surface area contributed by atoms with Crippen LogP contribution in [0.4, 0.5) is 4.39 Å². The summed E-state index contributed by atoms with van der Waals surface area (Å²) in [4.78, 5) is 0. The molecule has 3 nitrogen and oxygen atoms in total. The van der Waals surface area contributed by atoms with E-state index in [9.17, 15) is 4.39 Å². The second-order valence-electron chi connectivity index (χ2n) is 5.07. The van der Waals surface area contributed by atoms with Gasteiger partial charge in [0.05, 0.1) is 5.02 Å². The summed E-state index contributed by atoms with van der Waals surface area (Å²) in [5.41, 5.74) is 0.578. The molecule has 1 fully saturated rings. The van der Waals surface area contributed by atoms with Crippen LogP contribution in [0, 0.1) is 11.7 Å². The van der Waals surface area contributed by atoms with Crippen LogP contribution in [0.1, 0.15) is 18.4 Å². The van der Waals surface area contributed by atoms with Crippen molar-refractivity contribution in [1.29, 1.82) is 0 Å². The van der Waals surface area contributed by atoms with E-state index in [1.165, 1.54) is 6.07 Å². The normalized spacial score (nSPS) is 19.5. The fraction of sp³-hybridized carbons (Fsp3) is 0.571. The number of hydrogen-bond donors (Lipinski definition) is 1. The van der Waals surface area contributed by atoms with Crippen molar-refractivity contribution in [2.45, 2.75) is 19.3 Å². The average Bonchev–Trinajstić information content (AvgIpc) is 2.45. The summed E-state index contributed by atoms with van der Waals surface area (Å²) in [6, 6.07) is 1.51. The number of piperidine rings is 1. The van der Waals surface area contributed by atoms with Gasteiger partial charge in [0, 0.05) is 11.6 Å². The third kappa shape index (κ3) is 2.65. The largest absolute Gasteiger partial charge is 0.486 e. The molecule has 19 heavy (non-hydrogen) atoms. The lowest BCUT2D eigenvalue weighted by Crippen LogP contribution is -2.29. The van der Waals surface area contributed by atoms with Crippen LogP contribution in [0.15, 0.2) is 6.07 Å². The number of ether oxygens (including phenoxy) is 2. The highest BCUT2D eigenvalue weighted by Crippen LogP contribution is 2.40. The summed E-state index contributed by atoms with van der Waals surface area (Å²) >= 11 is 5.95. The van der Waals surface area contributed by atoms with Crippen molar-refractivity contribution in [3.05, 3.63) is 22.5 Å². The number of rotatable bonds is 2. The molecule has 0 aromatic heterocycles.